The number of aromatic nitrogens is 4. The van der Waals surface area contributed by atoms with Crippen LogP contribution in [0.15, 0.2) is 37.2 Å². The van der Waals surface area contributed by atoms with Crippen LogP contribution in [0.4, 0.5) is 4.79 Å². The van der Waals surface area contributed by atoms with Gasteiger partial charge in [0.1, 0.15) is 23.5 Å². The van der Waals surface area contributed by atoms with Gasteiger partial charge in [-0.1, -0.05) is 19.3 Å². The second kappa shape index (κ2) is 15.5. The lowest BCUT2D eigenvalue weighted by Gasteiger charge is -2.30. The lowest BCUT2D eigenvalue weighted by atomic mass is 9.96. The summed E-state index contributed by atoms with van der Waals surface area (Å²) in [5, 5.41) is 11.3. The molecular formula is C28H37N9O6. The number of urea groups is 1. The van der Waals surface area contributed by atoms with Crippen molar-refractivity contribution in [3.63, 3.8) is 0 Å². The van der Waals surface area contributed by atoms with Crippen LogP contribution in [0.5, 0.6) is 0 Å². The van der Waals surface area contributed by atoms with Crippen LogP contribution in [0.1, 0.15) is 72.3 Å². The normalized spacial score (nSPS) is 19.1. The third-order valence-corrected chi connectivity index (χ3v) is 7.52. The molecule has 230 valence electrons. The first-order valence-electron chi connectivity index (χ1n) is 14.4. The van der Waals surface area contributed by atoms with E-state index < -0.39 is 47.8 Å². The zero-order valence-electron chi connectivity index (χ0n) is 24.0. The summed E-state index contributed by atoms with van der Waals surface area (Å²) in [6.45, 7) is 0.379. The second-order valence-electron chi connectivity index (χ2n) is 10.5. The average Bonchev–Trinajstić information content (AvgIpc) is 3.46. The Morgan fingerprint density at radius 3 is 2.28 bits per heavy atom. The van der Waals surface area contributed by atoms with E-state index in [9.17, 15) is 24.0 Å². The molecule has 5 amide bonds. The number of esters is 1. The van der Waals surface area contributed by atoms with Crippen molar-refractivity contribution < 1.29 is 28.7 Å². The molecule has 4 rings (SSSR count). The molecule has 0 aromatic carbocycles. The number of carbonyl (C=O) groups is 5. The van der Waals surface area contributed by atoms with Gasteiger partial charge in [0.05, 0.1) is 25.5 Å². The minimum absolute atomic E-state index is 0.0518. The van der Waals surface area contributed by atoms with E-state index in [1.807, 2.05) is 0 Å². The summed E-state index contributed by atoms with van der Waals surface area (Å²) < 4.78 is 4.91. The van der Waals surface area contributed by atoms with Crippen LogP contribution in [0.2, 0.25) is 0 Å². The number of carbonyl (C=O) groups excluding carboxylic acids is 5. The molecule has 2 aromatic heterocycles. The van der Waals surface area contributed by atoms with Gasteiger partial charge in [0.15, 0.2) is 0 Å². The minimum Gasteiger partial charge on any atom is -0.467 e. The highest BCUT2D eigenvalue weighted by molar-refractivity contribution is 5.98. The smallest absolute Gasteiger partial charge is 0.328 e. The molecule has 3 atom stereocenters. The summed E-state index contributed by atoms with van der Waals surface area (Å²) in [7, 11) is 1.21. The molecule has 2 aliphatic rings. The number of likely N-dealkylation sites (tertiary alicyclic amines) is 1. The predicted octanol–water partition coefficient (Wildman–Crippen LogP) is 0.350. The van der Waals surface area contributed by atoms with Crippen LogP contribution in [-0.4, -0.2) is 98.9 Å². The molecule has 1 aliphatic carbocycles. The molecule has 0 bridgehead atoms. The molecule has 43 heavy (non-hydrogen) atoms. The van der Waals surface area contributed by atoms with Crippen molar-refractivity contribution in [3.8, 4) is 0 Å². The van der Waals surface area contributed by atoms with Crippen molar-refractivity contribution in [1.82, 2.24) is 46.1 Å². The van der Waals surface area contributed by atoms with Crippen LogP contribution in [0.3, 0.4) is 0 Å². The maximum absolute atomic E-state index is 13.7. The summed E-state index contributed by atoms with van der Waals surface area (Å²) in [6.07, 6.45) is 14.1. The van der Waals surface area contributed by atoms with Crippen molar-refractivity contribution in [2.24, 2.45) is 0 Å². The van der Waals surface area contributed by atoms with Crippen LogP contribution >= 0.6 is 0 Å². The average molecular weight is 596 g/mol. The number of ether oxygens (including phenoxy) is 1. The van der Waals surface area contributed by atoms with Gasteiger partial charge >= 0.3 is 12.0 Å². The molecular weight excluding hydrogens is 558 g/mol. The highest BCUT2D eigenvalue weighted by Crippen LogP contribution is 2.22. The molecule has 3 heterocycles. The molecule has 0 spiro atoms. The molecule has 3 unspecified atom stereocenters. The fourth-order valence-corrected chi connectivity index (χ4v) is 5.36. The fraction of sp³-hybridized carbons (Fsp3) is 0.536. The summed E-state index contributed by atoms with van der Waals surface area (Å²) in [4.78, 5) is 82.0. The molecule has 1 aliphatic heterocycles. The molecule has 1 saturated heterocycles. The van der Waals surface area contributed by atoms with E-state index in [-0.39, 0.29) is 36.9 Å². The molecule has 2 aromatic rings. The summed E-state index contributed by atoms with van der Waals surface area (Å²) >= 11 is 0. The van der Waals surface area contributed by atoms with E-state index in [2.05, 4.69) is 41.2 Å². The third-order valence-electron chi connectivity index (χ3n) is 7.52. The van der Waals surface area contributed by atoms with Crippen molar-refractivity contribution in [1.29, 1.82) is 0 Å². The Hall–Kier alpha value is -4.69. The van der Waals surface area contributed by atoms with Gasteiger partial charge in [-0.15, -0.1) is 0 Å². The summed E-state index contributed by atoms with van der Waals surface area (Å²) in [5.74, 6) is -2.25. The molecule has 4 N–H and O–H groups in total. The molecule has 15 heteroatoms. The Kier molecular flexibility index (Phi) is 11.3. The van der Waals surface area contributed by atoms with Crippen molar-refractivity contribution in [2.75, 3.05) is 20.2 Å². The number of rotatable bonds is 11. The van der Waals surface area contributed by atoms with Gasteiger partial charge in [0.25, 0.3) is 11.8 Å². The van der Waals surface area contributed by atoms with Gasteiger partial charge in [0, 0.05) is 43.9 Å². The first kappa shape index (κ1) is 31.3. The molecule has 0 radical (unpaired) electrons. The summed E-state index contributed by atoms with van der Waals surface area (Å²) in [5.41, 5.74) is 0.205. The topological polar surface area (TPSA) is 198 Å². The number of nitrogens with one attached hydrogen (secondary N) is 4. The number of hydrogen-bond acceptors (Lipinski definition) is 10. The Labute approximate surface area is 249 Å². The van der Waals surface area contributed by atoms with E-state index in [4.69, 9.17) is 4.74 Å². The van der Waals surface area contributed by atoms with Crippen molar-refractivity contribution in [3.05, 3.63) is 48.6 Å². The Bertz CT molecular complexity index is 1260. The molecule has 1 saturated carbocycles. The van der Waals surface area contributed by atoms with Crippen LogP contribution < -0.4 is 21.3 Å². The van der Waals surface area contributed by atoms with Gasteiger partial charge in [-0.25, -0.2) is 19.6 Å². The van der Waals surface area contributed by atoms with Crippen molar-refractivity contribution >= 4 is 29.7 Å². The zero-order valence-corrected chi connectivity index (χ0v) is 24.0. The first-order valence-corrected chi connectivity index (χ1v) is 14.4. The Balaban J connectivity index is 1.42. The number of methoxy groups -OCH3 is 1. The molecule has 2 fully saturated rings. The number of hydrogen-bond donors (Lipinski definition) is 4. The van der Waals surface area contributed by atoms with Gasteiger partial charge < -0.3 is 30.9 Å². The standard InChI is InChI=1S/C28H37N9O6/c1-43-27(41)20(8-5-10-33-24(38)21-16-29-11-13-31-21)35-25(39)23-19(36-28(42)34-18-6-3-2-4-7-18)9-15-37(23)26(40)22-17-30-12-14-32-22/h11-14,16-20,23H,2-10,15H2,1H3,(H,33,38)(H,35,39)(H2,34,36,42). The van der Waals surface area contributed by atoms with Gasteiger partial charge in [-0.3, -0.25) is 24.4 Å². The Morgan fingerprint density at radius 2 is 1.63 bits per heavy atom. The van der Waals surface area contributed by atoms with Gasteiger partial charge in [-0.05, 0) is 32.1 Å². The second-order valence-corrected chi connectivity index (χ2v) is 10.5. The van der Waals surface area contributed by atoms with Crippen molar-refractivity contribution in [2.45, 2.75) is 75.5 Å². The first-order chi connectivity index (χ1) is 20.9. The highest BCUT2D eigenvalue weighted by Gasteiger charge is 2.44. The SMILES string of the molecule is COC(=O)C(CCCNC(=O)c1cnccn1)NC(=O)C1C(NC(=O)NC2CCCCC2)CCN1C(=O)c1cnccn1. The predicted molar refractivity (Wildman–Crippen MR) is 151 cm³/mol. The van der Waals surface area contributed by atoms with Crippen LogP contribution in [0, 0.1) is 0 Å². The Morgan fingerprint density at radius 1 is 0.930 bits per heavy atom. The third kappa shape index (κ3) is 8.66. The summed E-state index contributed by atoms with van der Waals surface area (Å²) in [6, 6.07) is -3.25. The van der Waals surface area contributed by atoms with E-state index in [1.54, 1.807) is 0 Å². The minimum atomic E-state index is -1.12. The maximum Gasteiger partial charge on any atom is 0.328 e. The fourth-order valence-electron chi connectivity index (χ4n) is 5.36. The largest absolute Gasteiger partial charge is 0.467 e. The van der Waals surface area contributed by atoms with E-state index in [1.165, 1.54) is 49.2 Å². The highest BCUT2D eigenvalue weighted by atomic mass is 16.5. The molecule has 15 nitrogen and oxygen atoms in total. The van der Waals surface area contributed by atoms with Gasteiger partial charge in [-0.2, -0.15) is 0 Å². The monoisotopic (exact) mass is 595 g/mol. The van der Waals surface area contributed by atoms with E-state index in [0.29, 0.717) is 12.8 Å². The van der Waals surface area contributed by atoms with Crippen LogP contribution in [-0.2, 0) is 14.3 Å². The van der Waals surface area contributed by atoms with E-state index >= 15 is 0 Å². The maximum atomic E-state index is 13.7. The number of amides is 5. The lowest BCUT2D eigenvalue weighted by Crippen LogP contribution is -2.58. The van der Waals surface area contributed by atoms with Crippen LogP contribution in [0.25, 0.3) is 0 Å². The zero-order chi connectivity index (χ0) is 30.6. The quantitative estimate of drug-likeness (QED) is 0.208. The van der Waals surface area contributed by atoms with E-state index in [0.717, 1.165) is 32.1 Å². The number of nitrogens with zero attached hydrogens (tertiary/aromatic N) is 5. The van der Waals surface area contributed by atoms with Gasteiger partial charge in [0.2, 0.25) is 5.91 Å². The lowest BCUT2D eigenvalue weighted by molar-refractivity contribution is -0.145.